The molecule has 0 bridgehead atoms. The first-order valence-corrected chi connectivity index (χ1v) is 8.25. The molecule has 2 fully saturated rings. The molecule has 4 nitrogen and oxygen atoms in total. The number of morpholine rings is 1. The van der Waals surface area contributed by atoms with Crippen LogP contribution in [-0.2, 0) is 4.74 Å². The molecule has 0 N–H and O–H groups in total. The second-order valence-corrected chi connectivity index (χ2v) is 6.81. The molecule has 2 aromatic heterocycles. The van der Waals surface area contributed by atoms with Crippen molar-refractivity contribution in [2.24, 2.45) is 0 Å². The van der Waals surface area contributed by atoms with Crippen molar-refractivity contribution in [1.29, 1.82) is 0 Å². The van der Waals surface area contributed by atoms with Crippen LogP contribution in [0.2, 0.25) is 0 Å². The number of fused-ring (bicyclic) bond motifs is 1. The molecule has 2 aromatic rings. The summed E-state index contributed by atoms with van der Waals surface area (Å²) in [6.45, 7) is 4.71. The van der Waals surface area contributed by atoms with Gasteiger partial charge < -0.3 is 9.64 Å². The van der Waals surface area contributed by atoms with Gasteiger partial charge in [-0.2, -0.15) is 0 Å². The number of rotatable bonds is 1. The zero-order chi connectivity index (χ0) is 13.6. The van der Waals surface area contributed by atoms with Gasteiger partial charge in [0.2, 0.25) is 0 Å². The summed E-state index contributed by atoms with van der Waals surface area (Å²) in [6, 6.07) is 2.09. The largest absolute Gasteiger partial charge is 0.371 e. The number of ether oxygens (including phenoxy) is 1. The molecule has 1 spiro atoms. The van der Waals surface area contributed by atoms with E-state index in [1.165, 1.54) is 30.4 Å². The Hall–Kier alpha value is -1.20. The van der Waals surface area contributed by atoms with Gasteiger partial charge in [0.25, 0.3) is 0 Å². The van der Waals surface area contributed by atoms with Crippen LogP contribution >= 0.6 is 11.3 Å². The standard InChI is InChI=1S/C15H19N3OS/c1-11-16-12-4-9-20-13(12)14(17-11)18-7-8-19-15(10-18)5-2-3-6-15/h4,9H,2-3,5-8,10H2,1H3. The summed E-state index contributed by atoms with van der Waals surface area (Å²) in [5, 5.41) is 2.11. The van der Waals surface area contributed by atoms with Crippen molar-refractivity contribution < 1.29 is 4.74 Å². The molecule has 106 valence electrons. The third kappa shape index (κ3) is 2.00. The number of thiophene rings is 1. The van der Waals surface area contributed by atoms with E-state index in [9.17, 15) is 0 Å². The number of hydrogen-bond acceptors (Lipinski definition) is 5. The second kappa shape index (κ2) is 4.67. The Kier molecular flexibility index (Phi) is 2.93. The number of aromatic nitrogens is 2. The maximum Gasteiger partial charge on any atom is 0.150 e. The van der Waals surface area contributed by atoms with Crippen LogP contribution in [0.3, 0.4) is 0 Å². The van der Waals surface area contributed by atoms with Crippen molar-refractivity contribution in [2.45, 2.75) is 38.2 Å². The number of nitrogens with zero attached hydrogens (tertiary/aromatic N) is 3. The Morgan fingerprint density at radius 1 is 1.30 bits per heavy atom. The first-order chi connectivity index (χ1) is 9.76. The van der Waals surface area contributed by atoms with Gasteiger partial charge in [0.15, 0.2) is 5.82 Å². The van der Waals surface area contributed by atoms with Gasteiger partial charge in [-0.1, -0.05) is 12.8 Å². The molecule has 0 atom stereocenters. The minimum Gasteiger partial charge on any atom is -0.371 e. The zero-order valence-corrected chi connectivity index (χ0v) is 12.6. The maximum absolute atomic E-state index is 6.12. The average Bonchev–Trinajstić information content (AvgIpc) is 3.07. The Bertz CT molecular complexity index is 633. The maximum atomic E-state index is 6.12. The predicted octanol–water partition coefficient (Wildman–Crippen LogP) is 3.15. The first-order valence-electron chi connectivity index (χ1n) is 7.37. The molecule has 5 heteroatoms. The van der Waals surface area contributed by atoms with E-state index in [1.807, 2.05) is 6.92 Å². The Morgan fingerprint density at radius 3 is 3.00 bits per heavy atom. The van der Waals surface area contributed by atoms with E-state index in [-0.39, 0.29) is 5.60 Å². The molecule has 0 unspecified atom stereocenters. The normalized spacial score (nSPS) is 21.9. The molecule has 1 saturated heterocycles. The van der Waals surface area contributed by atoms with Crippen LogP contribution in [0.15, 0.2) is 11.4 Å². The van der Waals surface area contributed by atoms with Gasteiger partial charge in [-0.3, -0.25) is 0 Å². The Balaban J connectivity index is 1.73. The number of hydrogen-bond donors (Lipinski definition) is 0. The summed E-state index contributed by atoms with van der Waals surface area (Å²) >= 11 is 1.74. The average molecular weight is 289 g/mol. The monoisotopic (exact) mass is 289 g/mol. The van der Waals surface area contributed by atoms with Gasteiger partial charge in [0.05, 0.1) is 22.4 Å². The minimum absolute atomic E-state index is 0.0840. The fraction of sp³-hybridized carbons (Fsp3) is 0.600. The lowest BCUT2D eigenvalue weighted by molar-refractivity contribution is -0.0502. The van der Waals surface area contributed by atoms with Crippen molar-refractivity contribution in [2.75, 3.05) is 24.6 Å². The summed E-state index contributed by atoms with van der Waals surface area (Å²) in [5.74, 6) is 1.97. The van der Waals surface area contributed by atoms with Crippen molar-refractivity contribution >= 4 is 27.4 Å². The van der Waals surface area contributed by atoms with Crippen LogP contribution in [0.25, 0.3) is 10.2 Å². The Labute approximate surface area is 122 Å². The van der Waals surface area contributed by atoms with Crippen LogP contribution < -0.4 is 4.90 Å². The highest BCUT2D eigenvalue weighted by Gasteiger charge is 2.40. The van der Waals surface area contributed by atoms with Crippen LogP contribution in [0, 0.1) is 6.92 Å². The van der Waals surface area contributed by atoms with E-state index >= 15 is 0 Å². The van der Waals surface area contributed by atoms with Gasteiger partial charge in [-0.25, -0.2) is 9.97 Å². The Morgan fingerprint density at radius 2 is 2.15 bits per heavy atom. The smallest absolute Gasteiger partial charge is 0.150 e. The molecule has 3 heterocycles. The SMILES string of the molecule is Cc1nc(N2CCOC3(CCCC3)C2)c2sccc2n1. The number of anilines is 1. The van der Waals surface area contributed by atoms with E-state index < -0.39 is 0 Å². The van der Waals surface area contributed by atoms with Crippen molar-refractivity contribution in [1.82, 2.24) is 9.97 Å². The van der Waals surface area contributed by atoms with Gasteiger partial charge in [-0.05, 0) is 31.2 Å². The predicted molar refractivity (Wildman–Crippen MR) is 81.5 cm³/mol. The third-order valence-corrected chi connectivity index (χ3v) is 5.36. The summed E-state index contributed by atoms with van der Waals surface area (Å²) < 4.78 is 7.33. The highest BCUT2D eigenvalue weighted by atomic mass is 32.1. The topological polar surface area (TPSA) is 38.2 Å². The van der Waals surface area contributed by atoms with Crippen molar-refractivity contribution in [3.8, 4) is 0 Å². The summed E-state index contributed by atoms with van der Waals surface area (Å²) in [6.07, 6.45) is 4.98. The lowest BCUT2D eigenvalue weighted by atomic mass is 10.00. The van der Waals surface area contributed by atoms with E-state index in [1.54, 1.807) is 11.3 Å². The minimum atomic E-state index is 0.0840. The fourth-order valence-electron chi connectivity index (χ4n) is 3.52. The van der Waals surface area contributed by atoms with Gasteiger partial charge >= 0.3 is 0 Å². The molecule has 1 saturated carbocycles. The molecule has 2 aliphatic rings. The molecular formula is C15H19N3OS. The molecule has 0 aromatic carbocycles. The summed E-state index contributed by atoms with van der Waals surface area (Å²) in [4.78, 5) is 11.7. The highest BCUT2D eigenvalue weighted by molar-refractivity contribution is 7.17. The molecule has 4 rings (SSSR count). The van der Waals surface area contributed by atoms with Gasteiger partial charge in [0, 0.05) is 13.1 Å². The van der Waals surface area contributed by atoms with Crippen molar-refractivity contribution in [3.63, 3.8) is 0 Å². The number of aryl methyl sites for hydroxylation is 1. The van der Waals surface area contributed by atoms with E-state index in [0.29, 0.717) is 0 Å². The fourth-order valence-corrected chi connectivity index (χ4v) is 4.37. The third-order valence-electron chi connectivity index (χ3n) is 4.46. The van der Waals surface area contributed by atoms with E-state index in [0.717, 1.165) is 36.9 Å². The molecule has 0 radical (unpaired) electrons. The highest BCUT2D eigenvalue weighted by Crippen LogP contribution is 2.38. The molecule has 1 aliphatic carbocycles. The molecule has 20 heavy (non-hydrogen) atoms. The summed E-state index contributed by atoms with van der Waals surface area (Å²) in [5.41, 5.74) is 1.16. The second-order valence-electron chi connectivity index (χ2n) is 5.89. The molecule has 0 amide bonds. The van der Waals surface area contributed by atoms with Crippen LogP contribution in [0.5, 0.6) is 0 Å². The van der Waals surface area contributed by atoms with E-state index in [4.69, 9.17) is 9.72 Å². The van der Waals surface area contributed by atoms with E-state index in [2.05, 4.69) is 21.3 Å². The van der Waals surface area contributed by atoms with Crippen LogP contribution in [-0.4, -0.2) is 35.3 Å². The van der Waals surface area contributed by atoms with Gasteiger partial charge in [0.1, 0.15) is 5.82 Å². The molecular weight excluding hydrogens is 270 g/mol. The van der Waals surface area contributed by atoms with Crippen LogP contribution in [0.1, 0.15) is 31.5 Å². The quantitative estimate of drug-likeness (QED) is 0.808. The zero-order valence-electron chi connectivity index (χ0n) is 11.8. The van der Waals surface area contributed by atoms with Gasteiger partial charge in [-0.15, -0.1) is 11.3 Å². The summed E-state index contributed by atoms with van der Waals surface area (Å²) in [7, 11) is 0. The van der Waals surface area contributed by atoms with Crippen molar-refractivity contribution in [3.05, 3.63) is 17.3 Å². The lowest BCUT2D eigenvalue weighted by Crippen LogP contribution is -2.50. The molecule has 1 aliphatic heterocycles. The van der Waals surface area contributed by atoms with Crippen LogP contribution in [0.4, 0.5) is 5.82 Å². The first kappa shape index (κ1) is 12.5. The lowest BCUT2D eigenvalue weighted by Gasteiger charge is -2.41.